The van der Waals surface area contributed by atoms with Gasteiger partial charge in [-0.25, -0.2) is 0 Å². The summed E-state index contributed by atoms with van der Waals surface area (Å²) >= 11 is 0. The van der Waals surface area contributed by atoms with E-state index in [1.165, 1.54) is 24.3 Å². The van der Waals surface area contributed by atoms with Crippen LogP contribution in [0.3, 0.4) is 0 Å². The average molecular weight is 336 g/mol. The Morgan fingerprint density at radius 3 is 0.750 bits per heavy atom. The molecule has 0 aromatic carbocycles. The van der Waals surface area contributed by atoms with Crippen LogP contribution in [-0.4, -0.2) is 23.6 Å². The highest BCUT2D eigenvalue weighted by atomic mass is 16.2. The number of primary amides is 4. The minimum atomic E-state index is -0.464. The van der Waals surface area contributed by atoms with E-state index in [1.54, 1.807) is 24.3 Å². The largest absolute Gasteiger partial charge is 0.366 e. The molecule has 8 N–H and O–H groups in total. The summed E-state index contributed by atoms with van der Waals surface area (Å²) in [7, 11) is 0. The van der Waals surface area contributed by atoms with E-state index >= 15 is 0 Å². The Labute approximate surface area is 140 Å². The number of rotatable bonds is 10. The molecule has 0 spiro atoms. The van der Waals surface area contributed by atoms with Crippen molar-refractivity contribution >= 4 is 23.6 Å². The van der Waals surface area contributed by atoms with Crippen LogP contribution >= 0.6 is 0 Å². The minimum absolute atomic E-state index is 0.464. The van der Waals surface area contributed by atoms with Crippen LogP contribution in [0.1, 0.15) is 25.7 Å². The highest BCUT2D eigenvalue weighted by Gasteiger charge is 1.84. The Morgan fingerprint density at radius 1 is 0.458 bits per heavy atom. The van der Waals surface area contributed by atoms with Crippen LogP contribution in [-0.2, 0) is 19.2 Å². The zero-order valence-electron chi connectivity index (χ0n) is 13.4. The zero-order valence-corrected chi connectivity index (χ0v) is 13.4. The summed E-state index contributed by atoms with van der Waals surface area (Å²) in [4.78, 5) is 40.7. The molecule has 0 aliphatic heterocycles. The van der Waals surface area contributed by atoms with E-state index in [2.05, 4.69) is 0 Å². The van der Waals surface area contributed by atoms with E-state index in [1.807, 2.05) is 0 Å². The molecule has 0 aliphatic carbocycles. The highest BCUT2D eigenvalue weighted by Crippen LogP contribution is 1.92. The summed E-state index contributed by atoms with van der Waals surface area (Å²) in [6, 6.07) is 0. The first-order valence-corrected chi connectivity index (χ1v) is 7.09. The Morgan fingerprint density at radius 2 is 0.625 bits per heavy atom. The van der Waals surface area contributed by atoms with Crippen LogP contribution in [0.15, 0.2) is 48.6 Å². The van der Waals surface area contributed by atoms with Crippen molar-refractivity contribution in [3.63, 3.8) is 0 Å². The third-order valence-electron chi connectivity index (χ3n) is 2.13. The smallest absolute Gasteiger partial charge is 0.241 e. The molecule has 132 valence electrons. The van der Waals surface area contributed by atoms with Gasteiger partial charge in [-0.2, -0.15) is 0 Å². The highest BCUT2D eigenvalue weighted by molar-refractivity contribution is 5.86. The van der Waals surface area contributed by atoms with E-state index in [-0.39, 0.29) is 0 Å². The minimum Gasteiger partial charge on any atom is -0.366 e. The fourth-order valence-corrected chi connectivity index (χ4v) is 1.18. The lowest BCUT2D eigenvalue weighted by molar-refractivity contribution is -0.114. The van der Waals surface area contributed by atoms with Crippen molar-refractivity contribution in [1.82, 2.24) is 0 Å². The molecule has 0 fully saturated rings. The monoisotopic (exact) mass is 336 g/mol. The number of nitrogens with two attached hydrogens (primary N) is 4. The van der Waals surface area contributed by atoms with Crippen LogP contribution in [0.25, 0.3) is 0 Å². The van der Waals surface area contributed by atoms with Crippen molar-refractivity contribution in [3.8, 4) is 0 Å². The second-order valence-corrected chi connectivity index (χ2v) is 4.37. The maximum atomic E-state index is 10.2. The van der Waals surface area contributed by atoms with Gasteiger partial charge in [0, 0.05) is 0 Å². The molecule has 0 radical (unpaired) electrons. The summed E-state index contributed by atoms with van der Waals surface area (Å²) in [5.41, 5.74) is 19.4. The molecule has 0 bridgehead atoms. The van der Waals surface area contributed by atoms with Crippen molar-refractivity contribution in [1.29, 1.82) is 0 Å². The quantitative estimate of drug-likeness (QED) is 0.317. The first-order chi connectivity index (χ1) is 11.3. The van der Waals surface area contributed by atoms with Gasteiger partial charge >= 0.3 is 0 Å². The predicted octanol–water partition coefficient (Wildman–Crippen LogP) is -0.301. The molecule has 4 amide bonds. The lowest BCUT2D eigenvalue weighted by Crippen LogP contribution is -2.05. The number of carbonyl (C=O) groups excluding carboxylic acids is 4. The van der Waals surface area contributed by atoms with Crippen LogP contribution in [0.4, 0.5) is 0 Å². The van der Waals surface area contributed by atoms with Gasteiger partial charge in [-0.1, -0.05) is 24.3 Å². The van der Waals surface area contributed by atoms with Gasteiger partial charge in [0.05, 0.1) is 0 Å². The van der Waals surface area contributed by atoms with Crippen LogP contribution in [0, 0.1) is 0 Å². The first-order valence-electron chi connectivity index (χ1n) is 7.09. The van der Waals surface area contributed by atoms with E-state index < -0.39 is 23.6 Å². The molecule has 0 aromatic rings. The SMILES string of the molecule is NC(=O)C=CCCC=CC(N)=O.NC(=O)C=CCCC=CC(N)=O. The zero-order chi connectivity index (χ0) is 18.8. The van der Waals surface area contributed by atoms with Gasteiger partial charge in [0.25, 0.3) is 0 Å². The number of allylic oxidation sites excluding steroid dienone is 4. The molecule has 0 atom stereocenters. The van der Waals surface area contributed by atoms with Crippen LogP contribution in [0.5, 0.6) is 0 Å². The van der Waals surface area contributed by atoms with E-state index in [4.69, 9.17) is 22.9 Å². The number of hydrogen-bond donors (Lipinski definition) is 4. The number of carbonyl (C=O) groups is 4. The average Bonchev–Trinajstić information content (AvgIpc) is 2.46. The Balaban J connectivity index is 0. The molecule has 0 aliphatic rings. The summed E-state index contributed by atoms with van der Waals surface area (Å²) in [6.45, 7) is 0. The first kappa shape index (κ1) is 23.1. The van der Waals surface area contributed by atoms with Crippen molar-refractivity contribution in [2.24, 2.45) is 22.9 Å². The topological polar surface area (TPSA) is 172 Å². The molecular formula is C16H24N4O4. The van der Waals surface area contributed by atoms with Crippen LogP contribution in [0.2, 0.25) is 0 Å². The standard InChI is InChI=1S/2C8H12N2O2/c2*9-7(11)5-3-1-2-4-6-8(10)12/h2*3-6H,1-2H2,(H2,9,11)(H2,10,12). The van der Waals surface area contributed by atoms with Crippen molar-refractivity contribution in [2.45, 2.75) is 25.7 Å². The van der Waals surface area contributed by atoms with Gasteiger partial charge in [-0.05, 0) is 50.0 Å². The summed E-state index contributed by atoms with van der Waals surface area (Å²) in [5, 5.41) is 0. The Kier molecular flexibility index (Phi) is 15.6. The second kappa shape index (κ2) is 16.2. The lowest BCUT2D eigenvalue weighted by atomic mass is 10.2. The third kappa shape index (κ3) is 27.2. The molecule has 0 saturated carbocycles. The number of amides is 4. The maximum absolute atomic E-state index is 10.2. The van der Waals surface area contributed by atoms with Crippen LogP contribution < -0.4 is 22.9 Å². The molecule has 0 unspecified atom stereocenters. The molecule has 0 saturated heterocycles. The molecule has 8 nitrogen and oxygen atoms in total. The number of hydrogen-bond acceptors (Lipinski definition) is 4. The van der Waals surface area contributed by atoms with E-state index in [0.29, 0.717) is 25.7 Å². The summed E-state index contributed by atoms with van der Waals surface area (Å²) < 4.78 is 0. The fraction of sp³-hybridized carbons (Fsp3) is 0.250. The molecular weight excluding hydrogens is 312 g/mol. The van der Waals surface area contributed by atoms with E-state index in [0.717, 1.165) is 0 Å². The predicted molar refractivity (Wildman–Crippen MR) is 91.8 cm³/mol. The molecule has 24 heavy (non-hydrogen) atoms. The fourth-order valence-electron chi connectivity index (χ4n) is 1.18. The van der Waals surface area contributed by atoms with Gasteiger partial charge in [0.15, 0.2) is 0 Å². The molecule has 8 heteroatoms. The third-order valence-corrected chi connectivity index (χ3v) is 2.13. The summed E-state index contributed by atoms with van der Waals surface area (Å²) in [6.07, 6.45) is 14.4. The number of unbranched alkanes of at least 4 members (excludes halogenated alkanes) is 2. The van der Waals surface area contributed by atoms with Gasteiger partial charge in [0.2, 0.25) is 23.6 Å². The van der Waals surface area contributed by atoms with Gasteiger partial charge in [-0.3, -0.25) is 19.2 Å². The Bertz CT molecular complexity index is 438. The van der Waals surface area contributed by atoms with Crippen molar-refractivity contribution in [2.75, 3.05) is 0 Å². The van der Waals surface area contributed by atoms with Crippen molar-refractivity contribution < 1.29 is 19.2 Å². The lowest BCUT2D eigenvalue weighted by Gasteiger charge is -1.84. The maximum Gasteiger partial charge on any atom is 0.241 e. The molecule has 0 heterocycles. The normalized spacial score (nSPS) is 11.0. The van der Waals surface area contributed by atoms with Gasteiger partial charge in [0.1, 0.15) is 0 Å². The summed E-state index contributed by atoms with van der Waals surface area (Å²) in [5.74, 6) is -1.86. The van der Waals surface area contributed by atoms with Gasteiger partial charge < -0.3 is 22.9 Å². The molecule has 0 rings (SSSR count). The van der Waals surface area contributed by atoms with Gasteiger partial charge in [-0.15, -0.1) is 0 Å². The van der Waals surface area contributed by atoms with Crippen molar-refractivity contribution in [3.05, 3.63) is 48.6 Å². The second-order valence-electron chi connectivity index (χ2n) is 4.37. The van der Waals surface area contributed by atoms with E-state index in [9.17, 15) is 19.2 Å². The Hall–Kier alpha value is -3.16. The molecule has 0 aromatic heterocycles.